The summed E-state index contributed by atoms with van der Waals surface area (Å²) in [5, 5.41) is 11.2. The Bertz CT molecular complexity index is 889. The molecule has 0 radical (unpaired) electrons. The van der Waals surface area contributed by atoms with Gasteiger partial charge in [-0.15, -0.1) is 11.3 Å². The smallest absolute Gasteiger partial charge is 0.335 e. The molecule has 2 amide bonds. The molecule has 0 atom stereocenters. The van der Waals surface area contributed by atoms with Crippen molar-refractivity contribution in [3.05, 3.63) is 52.2 Å². The van der Waals surface area contributed by atoms with E-state index in [9.17, 15) is 19.5 Å². The van der Waals surface area contributed by atoms with Crippen LogP contribution in [0.1, 0.15) is 35.0 Å². The fraction of sp³-hybridized carbons (Fsp3) is 0.250. The molecule has 2 aromatic rings. The van der Waals surface area contributed by atoms with Crippen LogP contribution in [0.3, 0.4) is 0 Å². The highest BCUT2D eigenvalue weighted by molar-refractivity contribution is 7.10. The number of carbonyl (C=O) groups is 3. The van der Waals surface area contributed by atoms with Crippen LogP contribution in [0.4, 0.5) is 11.4 Å². The molecule has 2 heterocycles. The average molecular weight is 384 g/mol. The van der Waals surface area contributed by atoms with Gasteiger partial charge in [-0.1, -0.05) is 19.4 Å². The molecule has 7 heteroatoms. The van der Waals surface area contributed by atoms with Gasteiger partial charge in [-0.2, -0.15) is 0 Å². The first-order valence-electron chi connectivity index (χ1n) is 8.72. The zero-order valence-corrected chi connectivity index (χ0v) is 15.7. The minimum Gasteiger partial charge on any atom is -0.478 e. The maximum absolute atomic E-state index is 12.7. The highest BCUT2D eigenvalue weighted by Crippen LogP contribution is 2.35. The summed E-state index contributed by atoms with van der Waals surface area (Å²) in [5.41, 5.74) is 1.10. The number of aromatic carboxylic acids is 1. The third-order valence-corrected chi connectivity index (χ3v) is 5.17. The van der Waals surface area contributed by atoms with E-state index in [1.807, 2.05) is 24.4 Å². The van der Waals surface area contributed by atoms with E-state index >= 15 is 0 Å². The van der Waals surface area contributed by atoms with E-state index < -0.39 is 5.97 Å². The summed E-state index contributed by atoms with van der Waals surface area (Å²) >= 11 is 1.50. The number of hydrogen-bond donors (Lipinski definition) is 1. The van der Waals surface area contributed by atoms with Gasteiger partial charge in [-0.3, -0.25) is 14.5 Å². The Morgan fingerprint density at radius 3 is 2.74 bits per heavy atom. The van der Waals surface area contributed by atoms with Crippen LogP contribution < -0.4 is 9.80 Å². The fourth-order valence-electron chi connectivity index (χ4n) is 2.93. The number of carbonyl (C=O) groups excluding carboxylic acids is 2. The maximum atomic E-state index is 12.7. The molecule has 0 saturated carbocycles. The van der Waals surface area contributed by atoms with E-state index in [0.29, 0.717) is 17.9 Å². The molecule has 27 heavy (non-hydrogen) atoms. The highest BCUT2D eigenvalue weighted by atomic mass is 32.1. The van der Waals surface area contributed by atoms with Gasteiger partial charge < -0.3 is 10.0 Å². The lowest BCUT2D eigenvalue weighted by molar-refractivity contribution is -0.120. The number of nitrogens with zero attached hydrogens (tertiary/aromatic N) is 2. The van der Waals surface area contributed by atoms with Gasteiger partial charge in [0, 0.05) is 17.5 Å². The number of unbranched alkanes of at least 4 members (excludes halogenated alkanes) is 1. The first kappa shape index (κ1) is 18.8. The number of hydrogen-bond acceptors (Lipinski definition) is 4. The van der Waals surface area contributed by atoms with Gasteiger partial charge in [0.1, 0.15) is 6.54 Å². The van der Waals surface area contributed by atoms with Crippen LogP contribution in [0.15, 0.2) is 41.8 Å². The molecule has 0 aliphatic carbocycles. The van der Waals surface area contributed by atoms with Crippen LogP contribution in [-0.2, 0) is 9.59 Å². The molecule has 0 spiro atoms. The summed E-state index contributed by atoms with van der Waals surface area (Å²) in [6.07, 6.45) is 4.87. The van der Waals surface area contributed by atoms with E-state index in [1.165, 1.54) is 34.4 Å². The first-order chi connectivity index (χ1) is 13.0. The first-order valence-corrected chi connectivity index (χ1v) is 9.60. The van der Waals surface area contributed by atoms with Crippen molar-refractivity contribution in [3.8, 4) is 0 Å². The molecule has 0 fully saturated rings. The number of thiophene rings is 1. The molecule has 6 nitrogen and oxygen atoms in total. The van der Waals surface area contributed by atoms with Gasteiger partial charge in [0.2, 0.25) is 5.91 Å². The van der Waals surface area contributed by atoms with Crippen molar-refractivity contribution >= 4 is 46.6 Å². The zero-order chi connectivity index (χ0) is 19.4. The van der Waals surface area contributed by atoms with Crippen molar-refractivity contribution in [1.29, 1.82) is 0 Å². The number of carboxylic acid groups (broad SMARTS) is 1. The predicted octanol–water partition coefficient (Wildman–Crippen LogP) is 3.64. The monoisotopic (exact) mass is 384 g/mol. The molecule has 1 aromatic heterocycles. The molecular formula is C20H20N2O4S. The molecule has 1 aliphatic rings. The largest absolute Gasteiger partial charge is 0.478 e. The second kappa shape index (κ2) is 8.18. The summed E-state index contributed by atoms with van der Waals surface area (Å²) in [5.74, 6) is -1.59. The van der Waals surface area contributed by atoms with Crippen LogP contribution in [-0.4, -0.2) is 36.0 Å². The van der Waals surface area contributed by atoms with Crippen molar-refractivity contribution in [2.75, 3.05) is 22.9 Å². The number of benzene rings is 1. The van der Waals surface area contributed by atoms with Crippen LogP contribution in [0, 0.1) is 0 Å². The Hall–Kier alpha value is -2.93. The van der Waals surface area contributed by atoms with Crippen LogP contribution in [0.25, 0.3) is 6.08 Å². The summed E-state index contributed by atoms with van der Waals surface area (Å²) in [4.78, 5) is 40.6. The summed E-state index contributed by atoms with van der Waals surface area (Å²) in [6, 6.07) is 8.30. The SMILES string of the molecule is CCCCN1C(=O)CN(C(=O)/C=C/c2cccs2)c2cc(C(=O)O)ccc21. The molecular weight excluding hydrogens is 364 g/mol. The number of amides is 2. The topological polar surface area (TPSA) is 77.9 Å². The van der Waals surface area contributed by atoms with Gasteiger partial charge in [-0.25, -0.2) is 4.79 Å². The van der Waals surface area contributed by atoms with Gasteiger partial charge in [-0.05, 0) is 42.1 Å². The highest BCUT2D eigenvalue weighted by Gasteiger charge is 2.32. The minimum atomic E-state index is -1.07. The standard InChI is InChI=1S/C20H20N2O4S/c1-2-3-10-21-16-8-6-14(20(25)26)12-17(16)22(13-19(21)24)18(23)9-7-15-5-4-11-27-15/h4-9,11-12H,2-3,10,13H2,1H3,(H,25,26)/b9-7+. The van der Waals surface area contributed by atoms with Crippen molar-refractivity contribution in [2.24, 2.45) is 0 Å². The number of fused-ring (bicyclic) bond motifs is 1. The van der Waals surface area contributed by atoms with E-state index in [-0.39, 0.29) is 23.9 Å². The molecule has 1 aliphatic heterocycles. The van der Waals surface area contributed by atoms with Crippen molar-refractivity contribution < 1.29 is 19.5 Å². The van der Waals surface area contributed by atoms with E-state index in [1.54, 1.807) is 17.0 Å². The van der Waals surface area contributed by atoms with Gasteiger partial charge in [0.05, 0.1) is 16.9 Å². The zero-order valence-electron chi connectivity index (χ0n) is 14.9. The van der Waals surface area contributed by atoms with E-state index in [2.05, 4.69) is 0 Å². The van der Waals surface area contributed by atoms with Crippen LogP contribution in [0.2, 0.25) is 0 Å². The van der Waals surface area contributed by atoms with Gasteiger partial charge in [0.15, 0.2) is 0 Å². The number of carboxylic acids is 1. The predicted molar refractivity (Wildman–Crippen MR) is 106 cm³/mol. The Morgan fingerprint density at radius 1 is 1.26 bits per heavy atom. The quantitative estimate of drug-likeness (QED) is 0.772. The van der Waals surface area contributed by atoms with Crippen LogP contribution in [0.5, 0.6) is 0 Å². The second-order valence-electron chi connectivity index (χ2n) is 6.18. The van der Waals surface area contributed by atoms with E-state index in [4.69, 9.17) is 0 Å². The number of rotatable bonds is 6. The molecule has 3 rings (SSSR count). The molecule has 1 N–H and O–H groups in total. The lowest BCUT2D eigenvalue weighted by Crippen LogP contribution is -2.48. The fourth-order valence-corrected chi connectivity index (χ4v) is 3.55. The third kappa shape index (κ3) is 4.09. The Kier molecular flexibility index (Phi) is 5.71. The average Bonchev–Trinajstić information content (AvgIpc) is 3.18. The summed E-state index contributed by atoms with van der Waals surface area (Å²) < 4.78 is 0. The lowest BCUT2D eigenvalue weighted by atomic mass is 10.1. The van der Waals surface area contributed by atoms with Crippen molar-refractivity contribution in [3.63, 3.8) is 0 Å². The molecule has 0 bridgehead atoms. The normalized spacial score (nSPS) is 13.9. The van der Waals surface area contributed by atoms with Gasteiger partial charge >= 0.3 is 5.97 Å². The summed E-state index contributed by atoms with van der Waals surface area (Å²) in [7, 11) is 0. The Morgan fingerprint density at radius 2 is 2.07 bits per heavy atom. The van der Waals surface area contributed by atoms with Crippen molar-refractivity contribution in [1.82, 2.24) is 0 Å². The maximum Gasteiger partial charge on any atom is 0.335 e. The lowest BCUT2D eigenvalue weighted by Gasteiger charge is -2.36. The van der Waals surface area contributed by atoms with Crippen molar-refractivity contribution in [2.45, 2.75) is 19.8 Å². The third-order valence-electron chi connectivity index (χ3n) is 4.33. The van der Waals surface area contributed by atoms with Gasteiger partial charge in [0.25, 0.3) is 5.91 Å². The molecule has 140 valence electrons. The van der Waals surface area contributed by atoms with Crippen LogP contribution >= 0.6 is 11.3 Å². The Labute approximate surface area is 161 Å². The molecule has 0 unspecified atom stereocenters. The minimum absolute atomic E-state index is 0.0820. The second-order valence-corrected chi connectivity index (χ2v) is 7.16. The molecule has 0 saturated heterocycles. The van der Waals surface area contributed by atoms with E-state index in [0.717, 1.165) is 17.7 Å². The number of anilines is 2. The Balaban J connectivity index is 1.97. The summed E-state index contributed by atoms with van der Waals surface area (Å²) in [6.45, 7) is 2.48. The molecule has 1 aromatic carbocycles.